The lowest BCUT2D eigenvalue weighted by Gasteiger charge is -2.09. The van der Waals surface area contributed by atoms with Crippen LogP contribution in [0.15, 0.2) is 45.3 Å². The van der Waals surface area contributed by atoms with Crippen molar-refractivity contribution in [3.63, 3.8) is 0 Å². The number of anilines is 1. The average Bonchev–Trinajstić information content (AvgIpc) is 2.39. The molecule has 21 heavy (non-hydrogen) atoms. The van der Waals surface area contributed by atoms with Crippen molar-refractivity contribution in [1.82, 2.24) is 0 Å². The highest BCUT2D eigenvalue weighted by Crippen LogP contribution is 2.25. The predicted octanol–water partition coefficient (Wildman–Crippen LogP) is 4.47. The Bertz CT molecular complexity index is 709. The lowest BCUT2D eigenvalue weighted by Crippen LogP contribution is -2.13. The maximum Gasteiger partial charge on any atom is 0.335 e. The number of aromatic carboxylic acids is 1. The van der Waals surface area contributed by atoms with Gasteiger partial charge in [-0.3, -0.25) is 4.79 Å². The largest absolute Gasteiger partial charge is 0.478 e. The standard InChI is InChI=1S/C15H11Br2NO3/c1-8-4-10(6-11(16)5-8)14(19)18-13-3-2-9(15(20)21)7-12(13)17/h2-7H,1H3,(H,18,19)(H,20,21). The number of hydrogen-bond donors (Lipinski definition) is 2. The molecule has 0 saturated heterocycles. The number of rotatable bonds is 3. The van der Waals surface area contributed by atoms with Crippen LogP contribution in [0.25, 0.3) is 0 Å². The highest BCUT2D eigenvalue weighted by Gasteiger charge is 2.11. The molecule has 0 aliphatic heterocycles. The average molecular weight is 413 g/mol. The predicted molar refractivity (Wildman–Crippen MR) is 87.9 cm³/mol. The van der Waals surface area contributed by atoms with Crippen molar-refractivity contribution in [3.8, 4) is 0 Å². The van der Waals surface area contributed by atoms with Crippen molar-refractivity contribution in [2.45, 2.75) is 6.92 Å². The summed E-state index contributed by atoms with van der Waals surface area (Å²) in [5.74, 6) is -1.28. The Kier molecular flexibility index (Phi) is 4.80. The number of aryl methyl sites for hydroxylation is 1. The Hall–Kier alpha value is -1.66. The summed E-state index contributed by atoms with van der Waals surface area (Å²) < 4.78 is 1.34. The molecule has 0 unspecified atom stereocenters. The number of carboxylic acid groups (broad SMARTS) is 1. The van der Waals surface area contributed by atoms with Crippen LogP contribution >= 0.6 is 31.9 Å². The number of carboxylic acids is 1. The maximum atomic E-state index is 12.2. The Labute approximate surface area is 138 Å². The number of halogens is 2. The zero-order chi connectivity index (χ0) is 15.6. The zero-order valence-corrected chi connectivity index (χ0v) is 14.2. The van der Waals surface area contributed by atoms with E-state index in [1.807, 2.05) is 13.0 Å². The van der Waals surface area contributed by atoms with E-state index in [2.05, 4.69) is 37.2 Å². The molecule has 0 aromatic heterocycles. The van der Waals surface area contributed by atoms with Crippen LogP contribution < -0.4 is 5.32 Å². The molecule has 2 aromatic rings. The van der Waals surface area contributed by atoms with E-state index >= 15 is 0 Å². The minimum absolute atomic E-state index is 0.151. The number of amides is 1. The van der Waals surface area contributed by atoms with Gasteiger partial charge in [0.05, 0.1) is 11.3 Å². The van der Waals surface area contributed by atoms with Gasteiger partial charge >= 0.3 is 5.97 Å². The Balaban J connectivity index is 2.25. The van der Waals surface area contributed by atoms with Crippen molar-refractivity contribution in [2.24, 2.45) is 0 Å². The smallest absolute Gasteiger partial charge is 0.335 e. The maximum absolute atomic E-state index is 12.2. The molecule has 0 atom stereocenters. The SMILES string of the molecule is Cc1cc(Br)cc(C(=O)Nc2ccc(C(=O)O)cc2Br)c1. The number of nitrogens with one attached hydrogen (secondary N) is 1. The van der Waals surface area contributed by atoms with Gasteiger partial charge in [-0.05, 0) is 64.8 Å². The van der Waals surface area contributed by atoms with Crippen molar-refractivity contribution >= 4 is 49.4 Å². The van der Waals surface area contributed by atoms with Gasteiger partial charge in [0.15, 0.2) is 0 Å². The van der Waals surface area contributed by atoms with E-state index in [9.17, 15) is 9.59 Å². The first kappa shape index (κ1) is 15.7. The van der Waals surface area contributed by atoms with E-state index in [-0.39, 0.29) is 11.5 Å². The molecule has 0 aliphatic carbocycles. The Morgan fingerprint density at radius 1 is 1.05 bits per heavy atom. The van der Waals surface area contributed by atoms with E-state index in [4.69, 9.17) is 5.11 Å². The van der Waals surface area contributed by atoms with Crippen LogP contribution in [0.4, 0.5) is 5.69 Å². The molecule has 0 bridgehead atoms. The molecule has 2 rings (SSSR count). The monoisotopic (exact) mass is 411 g/mol. The van der Waals surface area contributed by atoms with E-state index in [1.54, 1.807) is 18.2 Å². The summed E-state index contributed by atoms with van der Waals surface area (Å²) in [7, 11) is 0. The van der Waals surface area contributed by atoms with Crippen LogP contribution in [0.1, 0.15) is 26.3 Å². The second-order valence-electron chi connectivity index (χ2n) is 4.47. The molecule has 108 valence electrons. The van der Waals surface area contributed by atoms with Crippen LogP contribution in [-0.4, -0.2) is 17.0 Å². The Morgan fingerprint density at radius 3 is 2.33 bits per heavy atom. The highest BCUT2D eigenvalue weighted by molar-refractivity contribution is 9.10. The van der Waals surface area contributed by atoms with Gasteiger partial charge in [0.1, 0.15) is 0 Å². The van der Waals surface area contributed by atoms with Crippen LogP contribution in [-0.2, 0) is 0 Å². The third-order valence-electron chi connectivity index (χ3n) is 2.77. The molecule has 0 saturated carbocycles. The van der Waals surface area contributed by atoms with E-state index < -0.39 is 5.97 Å². The molecule has 4 nitrogen and oxygen atoms in total. The second kappa shape index (κ2) is 6.41. The van der Waals surface area contributed by atoms with E-state index in [0.717, 1.165) is 10.0 Å². The minimum Gasteiger partial charge on any atom is -0.478 e. The van der Waals surface area contributed by atoms with Crippen molar-refractivity contribution in [2.75, 3.05) is 5.32 Å². The van der Waals surface area contributed by atoms with Crippen LogP contribution in [0, 0.1) is 6.92 Å². The fraction of sp³-hybridized carbons (Fsp3) is 0.0667. The topological polar surface area (TPSA) is 66.4 Å². The van der Waals surface area contributed by atoms with Crippen molar-refractivity contribution < 1.29 is 14.7 Å². The molecular formula is C15H11Br2NO3. The Morgan fingerprint density at radius 2 is 1.76 bits per heavy atom. The quantitative estimate of drug-likeness (QED) is 0.781. The summed E-state index contributed by atoms with van der Waals surface area (Å²) in [6, 6.07) is 9.85. The van der Waals surface area contributed by atoms with Gasteiger partial charge in [0.25, 0.3) is 5.91 Å². The van der Waals surface area contributed by atoms with Gasteiger partial charge in [-0.1, -0.05) is 15.9 Å². The third-order valence-corrected chi connectivity index (χ3v) is 3.88. The lowest BCUT2D eigenvalue weighted by molar-refractivity contribution is 0.0696. The molecule has 2 aromatic carbocycles. The van der Waals surface area contributed by atoms with Gasteiger partial charge in [-0.15, -0.1) is 0 Å². The minimum atomic E-state index is -1.02. The number of carbonyl (C=O) groups excluding carboxylic acids is 1. The number of carbonyl (C=O) groups is 2. The molecular weight excluding hydrogens is 402 g/mol. The van der Waals surface area contributed by atoms with Gasteiger partial charge in [0, 0.05) is 14.5 Å². The van der Waals surface area contributed by atoms with Crippen molar-refractivity contribution in [1.29, 1.82) is 0 Å². The van der Waals surface area contributed by atoms with Gasteiger partial charge in [-0.2, -0.15) is 0 Å². The molecule has 0 spiro atoms. The summed E-state index contributed by atoms with van der Waals surface area (Å²) >= 11 is 6.61. The lowest BCUT2D eigenvalue weighted by atomic mass is 10.1. The summed E-state index contributed by atoms with van der Waals surface area (Å²) in [6.07, 6.45) is 0. The molecule has 0 fully saturated rings. The van der Waals surface area contributed by atoms with Gasteiger partial charge in [0.2, 0.25) is 0 Å². The zero-order valence-electron chi connectivity index (χ0n) is 11.0. The van der Waals surface area contributed by atoms with E-state index in [1.165, 1.54) is 12.1 Å². The molecule has 0 aliphatic rings. The van der Waals surface area contributed by atoms with Crippen LogP contribution in [0.3, 0.4) is 0 Å². The van der Waals surface area contributed by atoms with E-state index in [0.29, 0.717) is 15.7 Å². The van der Waals surface area contributed by atoms with Gasteiger partial charge < -0.3 is 10.4 Å². The fourth-order valence-corrected chi connectivity index (χ4v) is 2.90. The second-order valence-corrected chi connectivity index (χ2v) is 6.24. The summed E-state index contributed by atoms with van der Waals surface area (Å²) in [4.78, 5) is 23.1. The highest BCUT2D eigenvalue weighted by atomic mass is 79.9. The first-order valence-electron chi connectivity index (χ1n) is 5.98. The first-order chi connectivity index (χ1) is 9.86. The molecule has 1 amide bonds. The summed E-state index contributed by atoms with van der Waals surface area (Å²) in [5, 5.41) is 11.7. The first-order valence-corrected chi connectivity index (χ1v) is 7.57. The number of benzene rings is 2. The molecule has 0 heterocycles. The summed E-state index contributed by atoms with van der Waals surface area (Å²) in [6.45, 7) is 1.90. The molecule has 0 radical (unpaired) electrons. The molecule has 6 heteroatoms. The summed E-state index contributed by atoms with van der Waals surface area (Å²) in [5.41, 5.74) is 2.16. The fourth-order valence-electron chi connectivity index (χ4n) is 1.81. The van der Waals surface area contributed by atoms with Gasteiger partial charge in [-0.25, -0.2) is 4.79 Å². The van der Waals surface area contributed by atoms with Crippen molar-refractivity contribution in [3.05, 3.63) is 62.0 Å². The van der Waals surface area contributed by atoms with Crippen LogP contribution in [0.2, 0.25) is 0 Å². The molecule has 2 N–H and O–H groups in total. The van der Waals surface area contributed by atoms with Crippen LogP contribution in [0.5, 0.6) is 0 Å². The number of hydrogen-bond acceptors (Lipinski definition) is 2. The third kappa shape index (κ3) is 3.92. The normalized spacial score (nSPS) is 10.2.